The van der Waals surface area contributed by atoms with Gasteiger partial charge in [0, 0.05) is 30.1 Å². The number of fused-ring (bicyclic) bond motifs is 1. The molecule has 0 aromatic heterocycles. The number of hydrogen-bond acceptors (Lipinski definition) is 6. The van der Waals surface area contributed by atoms with E-state index in [2.05, 4.69) is 17.2 Å². The summed E-state index contributed by atoms with van der Waals surface area (Å²) >= 11 is 0. The lowest BCUT2D eigenvalue weighted by Gasteiger charge is -2.38. The van der Waals surface area contributed by atoms with Crippen LogP contribution in [0.25, 0.3) is 0 Å². The Morgan fingerprint density at radius 1 is 1.26 bits per heavy atom. The molecule has 12 heteroatoms. The number of para-hydroxylation sites is 1. The monoisotopic (exact) mass is 548 g/mol. The van der Waals surface area contributed by atoms with Crippen LogP contribution in [0.3, 0.4) is 0 Å². The summed E-state index contributed by atoms with van der Waals surface area (Å²) in [7, 11) is -2.36. The summed E-state index contributed by atoms with van der Waals surface area (Å²) in [6, 6.07) is 8.69. The Morgan fingerprint density at radius 2 is 1.92 bits per heavy atom. The van der Waals surface area contributed by atoms with Crippen molar-refractivity contribution in [1.82, 2.24) is 9.21 Å². The minimum Gasteiger partial charge on any atom is -0.486 e. The average Bonchev–Trinajstić information content (AvgIpc) is 2.87. The van der Waals surface area contributed by atoms with Crippen LogP contribution in [0.5, 0.6) is 5.75 Å². The van der Waals surface area contributed by atoms with Crippen LogP contribution < -0.4 is 15.4 Å². The Bertz CT molecular complexity index is 1300. The molecule has 3 rings (SSSR count). The molecule has 0 spiro atoms. The summed E-state index contributed by atoms with van der Waals surface area (Å²) in [5.41, 5.74) is 0.671. The average molecular weight is 549 g/mol. The van der Waals surface area contributed by atoms with Gasteiger partial charge in [0.2, 0.25) is 10.0 Å². The molecular weight excluding hydrogens is 515 g/mol. The minimum absolute atomic E-state index is 0.0237. The molecule has 0 saturated heterocycles. The van der Waals surface area contributed by atoms with Gasteiger partial charge >= 0.3 is 6.03 Å². The van der Waals surface area contributed by atoms with Crippen molar-refractivity contribution in [3.8, 4) is 5.75 Å². The van der Waals surface area contributed by atoms with Crippen LogP contribution in [0, 0.1) is 11.7 Å². The lowest BCUT2D eigenvalue weighted by atomic mass is 9.99. The first kappa shape index (κ1) is 29.1. The number of likely N-dealkylation sites (N-methyl/N-ethyl adjacent to an activating group) is 1. The van der Waals surface area contributed by atoms with Crippen molar-refractivity contribution in [3.63, 3.8) is 0 Å². The number of anilines is 2. The second-order valence-electron chi connectivity index (χ2n) is 9.38. The van der Waals surface area contributed by atoms with Gasteiger partial charge in [-0.1, -0.05) is 19.6 Å². The molecule has 0 aliphatic carbocycles. The van der Waals surface area contributed by atoms with Crippen molar-refractivity contribution in [1.29, 1.82) is 0 Å². The van der Waals surface area contributed by atoms with E-state index >= 15 is 0 Å². The number of aliphatic hydroxyl groups is 1. The number of nitrogens with zero attached hydrogens (tertiary/aromatic N) is 2. The number of nitrogens with one attached hydrogen (secondary N) is 2. The molecule has 3 N–H and O–H groups in total. The molecule has 3 atom stereocenters. The van der Waals surface area contributed by atoms with Crippen LogP contribution in [0.4, 0.5) is 20.6 Å². The van der Waals surface area contributed by atoms with Gasteiger partial charge in [-0.3, -0.25) is 4.79 Å². The Morgan fingerprint density at radius 3 is 2.53 bits per heavy atom. The van der Waals surface area contributed by atoms with Crippen LogP contribution >= 0.6 is 0 Å². The van der Waals surface area contributed by atoms with Gasteiger partial charge in [0.25, 0.3) is 5.91 Å². The predicted molar refractivity (Wildman–Crippen MR) is 143 cm³/mol. The standard InChI is InChI=1S/C26H33FN4O6S/c1-16(2)38(35,36)30(5)14-23-17(3)13-31(18(4)15-32)25(33)21-7-6-8-22(24(21)37-23)29-26(34)28-20-11-9-19(27)10-12-20/h6-12,17-18,23,32H,1,13-15H2,2-5H3,(H2,28,29,34)/t17-,18+,23+/m1/s1. The largest absolute Gasteiger partial charge is 0.486 e. The Balaban J connectivity index is 2.00. The van der Waals surface area contributed by atoms with Crippen LogP contribution in [-0.4, -0.2) is 73.6 Å². The second-order valence-corrected chi connectivity index (χ2v) is 11.6. The number of ether oxygens (including phenoxy) is 1. The maximum Gasteiger partial charge on any atom is 0.323 e. The van der Waals surface area contributed by atoms with Gasteiger partial charge in [-0.25, -0.2) is 17.6 Å². The molecule has 1 heterocycles. The van der Waals surface area contributed by atoms with Crippen molar-refractivity contribution in [2.24, 2.45) is 5.92 Å². The number of rotatable bonds is 8. The highest BCUT2D eigenvalue weighted by Crippen LogP contribution is 2.35. The number of hydrogen-bond donors (Lipinski definition) is 3. The van der Waals surface area contributed by atoms with Gasteiger partial charge in [0.1, 0.15) is 11.9 Å². The zero-order chi connectivity index (χ0) is 28.2. The Kier molecular flexibility index (Phi) is 9.13. The molecule has 2 aromatic carbocycles. The number of carbonyl (C=O) groups excluding carboxylic acids is 2. The van der Waals surface area contributed by atoms with Crippen LogP contribution in [0.1, 0.15) is 31.1 Å². The number of benzene rings is 2. The minimum atomic E-state index is -3.78. The number of urea groups is 1. The van der Waals surface area contributed by atoms with Crippen molar-refractivity contribution in [3.05, 3.63) is 65.3 Å². The normalized spacial score (nSPS) is 18.6. The van der Waals surface area contributed by atoms with E-state index in [0.717, 1.165) is 4.31 Å². The number of sulfonamides is 1. The third kappa shape index (κ3) is 6.50. The van der Waals surface area contributed by atoms with Crippen molar-refractivity contribution in [2.45, 2.75) is 32.9 Å². The first-order chi connectivity index (χ1) is 17.8. The van der Waals surface area contributed by atoms with Gasteiger partial charge in [-0.05, 0) is 50.2 Å². The number of allylic oxidation sites excluding steroid dienone is 1. The SMILES string of the molecule is C=C(C)S(=O)(=O)N(C)C[C@@H]1Oc2c(NC(=O)Nc3ccc(F)cc3)cccc2C(=O)N([C@@H](C)CO)C[C@H]1C. The zero-order valence-corrected chi connectivity index (χ0v) is 22.6. The fourth-order valence-electron chi connectivity index (χ4n) is 4.00. The summed E-state index contributed by atoms with van der Waals surface area (Å²) in [6.45, 7) is 8.34. The van der Waals surface area contributed by atoms with Gasteiger partial charge in [0.15, 0.2) is 5.75 Å². The van der Waals surface area contributed by atoms with Gasteiger partial charge in [0.05, 0.1) is 30.4 Å². The van der Waals surface area contributed by atoms with Gasteiger partial charge in [-0.2, -0.15) is 4.31 Å². The molecule has 0 fully saturated rings. The Labute approximate surface area is 222 Å². The second kappa shape index (κ2) is 11.9. The van der Waals surface area contributed by atoms with Gasteiger partial charge in [-0.15, -0.1) is 0 Å². The van der Waals surface area contributed by atoms with Gasteiger partial charge < -0.3 is 25.4 Å². The molecular formula is C26H33FN4O6S. The maximum atomic E-state index is 13.5. The first-order valence-corrected chi connectivity index (χ1v) is 13.5. The molecule has 3 amide bonds. The number of carbonyl (C=O) groups is 2. The molecule has 10 nitrogen and oxygen atoms in total. The molecule has 0 unspecified atom stereocenters. The van der Waals surface area contributed by atoms with Crippen molar-refractivity contribution >= 4 is 33.3 Å². The van der Waals surface area contributed by atoms with E-state index < -0.39 is 39.9 Å². The first-order valence-electron chi connectivity index (χ1n) is 12.0. The Hall–Kier alpha value is -3.48. The van der Waals surface area contributed by atoms with E-state index in [0.29, 0.717) is 5.69 Å². The van der Waals surface area contributed by atoms with E-state index in [-0.39, 0.29) is 47.5 Å². The summed E-state index contributed by atoms with van der Waals surface area (Å²) in [5.74, 6) is -1.14. The highest BCUT2D eigenvalue weighted by molar-refractivity contribution is 7.92. The van der Waals surface area contributed by atoms with E-state index in [1.54, 1.807) is 25.1 Å². The summed E-state index contributed by atoms with van der Waals surface area (Å²) in [6.07, 6.45) is -0.725. The predicted octanol–water partition coefficient (Wildman–Crippen LogP) is 3.49. The molecule has 0 bridgehead atoms. The number of aliphatic hydroxyl groups excluding tert-OH is 1. The topological polar surface area (TPSA) is 128 Å². The molecule has 1 aliphatic rings. The van der Waals surface area contributed by atoms with Crippen LogP contribution in [-0.2, 0) is 10.0 Å². The number of amides is 3. The van der Waals surface area contributed by atoms with E-state index in [1.807, 2.05) is 6.92 Å². The smallest absolute Gasteiger partial charge is 0.323 e. The summed E-state index contributed by atoms with van der Waals surface area (Å²) in [4.78, 5) is 27.8. The lowest BCUT2D eigenvalue weighted by Crippen LogP contribution is -2.50. The molecule has 2 aromatic rings. The molecule has 0 radical (unpaired) electrons. The van der Waals surface area contributed by atoms with E-state index in [1.165, 1.54) is 43.1 Å². The molecule has 206 valence electrons. The zero-order valence-electron chi connectivity index (χ0n) is 21.8. The fourth-order valence-corrected chi connectivity index (χ4v) is 4.87. The lowest BCUT2D eigenvalue weighted by molar-refractivity contribution is 0.0389. The summed E-state index contributed by atoms with van der Waals surface area (Å²) < 4.78 is 46.0. The third-order valence-corrected chi connectivity index (χ3v) is 8.18. The van der Waals surface area contributed by atoms with Crippen LogP contribution in [0.2, 0.25) is 0 Å². The molecule has 38 heavy (non-hydrogen) atoms. The highest BCUT2D eigenvalue weighted by atomic mass is 32.2. The fraction of sp³-hybridized carbons (Fsp3) is 0.385. The van der Waals surface area contributed by atoms with E-state index in [4.69, 9.17) is 4.74 Å². The number of halogens is 1. The highest BCUT2D eigenvalue weighted by Gasteiger charge is 2.36. The van der Waals surface area contributed by atoms with Crippen molar-refractivity contribution < 1.29 is 32.2 Å². The van der Waals surface area contributed by atoms with Crippen molar-refractivity contribution in [2.75, 3.05) is 37.4 Å². The molecule has 1 aliphatic heterocycles. The molecule has 0 saturated carbocycles. The maximum absolute atomic E-state index is 13.5. The van der Waals surface area contributed by atoms with Crippen LogP contribution in [0.15, 0.2) is 53.9 Å². The third-order valence-electron chi connectivity index (χ3n) is 6.33. The quantitative estimate of drug-likeness (QED) is 0.463. The van der Waals surface area contributed by atoms with E-state index in [9.17, 15) is 27.5 Å². The summed E-state index contributed by atoms with van der Waals surface area (Å²) in [5, 5.41) is 15.0.